The van der Waals surface area contributed by atoms with Gasteiger partial charge in [0.15, 0.2) is 0 Å². The Morgan fingerprint density at radius 1 is 1.33 bits per heavy atom. The second-order valence-corrected chi connectivity index (χ2v) is 3.08. The van der Waals surface area contributed by atoms with Crippen molar-refractivity contribution in [2.75, 3.05) is 7.11 Å². The summed E-state index contributed by atoms with van der Waals surface area (Å²) in [6.45, 7) is 0.925. The molecule has 0 aliphatic carbocycles. The Morgan fingerprint density at radius 2 is 2.08 bits per heavy atom. The molecular weight excluding hydrogens is 150 g/mol. The SMILES string of the molecule is CO[C@H]1Cc2ccccc2CN1. The van der Waals surface area contributed by atoms with Crippen molar-refractivity contribution in [1.82, 2.24) is 5.32 Å². The van der Waals surface area contributed by atoms with Crippen molar-refractivity contribution >= 4 is 0 Å². The maximum Gasteiger partial charge on any atom is 0.112 e. The molecule has 0 bridgehead atoms. The third-order valence-electron chi connectivity index (χ3n) is 2.33. The van der Waals surface area contributed by atoms with Crippen LogP contribution < -0.4 is 5.32 Å². The summed E-state index contributed by atoms with van der Waals surface area (Å²) in [5, 5.41) is 3.30. The lowest BCUT2D eigenvalue weighted by Crippen LogP contribution is -2.36. The highest BCUT2D eigenvalue weighted by Crippen LogP contribution is 2.15. The summed E-state index contributed by atoms with van der Waals surface area (Å²) < 4.78 is 5.24. The van der Waals surface area contributed by atoms with Crippen LogP contribution in [-0.2, 0) is 17.7 Å². The van der Waals surface area contributed by atoms with Crippen molar-refractivity contribution in [3.63, 3.8) is 0 Å². The zero-order valence-corrected chi connectivity index (χ0v) is 7.21. The van der Waals surface area contributed by atoms with Gasteiger partial charge in [0.25, 0.3) is 0 Å². The van der Waals surface area contributed by atoms with Crippen LogP contribution in [0.4, 0.5) is 0 Å². The summed E-state index contributed by atoms with van der Waals surface area (Å²) in [5.41, 5.74) is 2.80. The van der Waals surface area contributed by atoms with Crippen LogP contribution in [0.3, 0.4) is 0 Å². The van der Waals surface area contributed by atoms with Crippen molar-refractivity contribution in [2.45, 2.75) is 19.2 Å². The van der Waals surface area contributed by atoms with E-state index in [4.69, 9.17) is 4.74 Å². The molecule has 0 fully saturated rings. The van der Waals surface area contributed by atoms with E-state index in [2.05, 4.69) is 29.6 Å². The standard InChI is InChI=1S/C10H13NO/c1-12-10-6-8-4-2-3-5-9(8)7-11-10/h2-5,10-11H,6-7H2,1H3/t10-/m0/s1. The fourth-order valence-corrected chi connectivity index (χ4v) is 1.59. The molecule has 0 saturated heterocycles. The van der Waals surface area contributed by atoms with Crippen LogP contribution in [0, 0.1) is 0 Å². The monoisotopic (exact) mass is 163 g/mol. The van der Waals surface area contributed by atoms with E-state index in [0.29, 0.717) is 0 Å². The lowest BCUT2D eigenvalue weighted by molar-refractivity contribution is 0.0672. The fourth-order valence-electron chi connectivity index (χ4n) is 1.59. The number of nitrogens with one attached hydrogen (secondary N) is 1. The number of hydrogen-bond acceptors (Lipinski definition) is 2. The van der Waals surface area contributed by atoms with Crippen molar-refractivity contribution in [3.05, 3.63) is 35.4 Å². The number of ether oxygens (including phenoxy) is 1. The number of benzene rings is 1. The third kappa shape index (κ3) is 1.36. The third-order valence-corrected chi connectivity index (χ3v) is 2.33. The molecule has 2 heteroatoms. The molecule has 1 aliphatic heterocycles. The van der Waals surface area contributed by atoms with Gasteiger partial charge in [-0.15, -0.1) is 0 Å². The molecule has 0 aromatic heterocycles. The average molecular weight is 163 g/mol. The fraction of sp³-hybridized carbons (Fsp3) is 0.400. The van der Waals surface area contributed by atoms with Gasteiger partial charge < -0.3 is 4.74 Å². The van der Waals surface area contributed by atoms with Gasteiger partial charge in [0.1, 0.15) is 6.23 Å². The van der Waals surface area contributed by atoms with Crippen LogP contribution in [0.2, 0.25) is 0 Å². The van der Waals surface area contributed by atoms with Gasteiger partial charge in [0, 0.05) is 20.1 Å². The molecule has 2 nitrogen and oxygen atoms in total. The predicted molar refractivity (Wildman–Crippen MR) is 47.8 cm³/mol. The Hall–Kier alpha value is -0.860. The molecule has 64 valence electrons. The predicted octanol–water partition coefficient (Wildman–Crippen LogP) is 1.30. The molecule has 12 heavy (non-hydrogen) atoms. The van der Waals surface area contributed by atoms with Crippen molar-refractivity contribution in [2.24, 2.45) is 0 Å². The first kappa shape index (κ1) is 7.77. The zero-order valence-electron chi connectivity index (χ0n) is 7.21. The Balaban J connectivity index is 2.23. The molecule has 1 aromatic carbocycles. The molecular formula is C10H13NO. The summed E-state index contributed by atoms with van der Waals surface area (Å²) >= 11 is 0. The van der Waals surface area contributed by atoms with Gasteiger partial charge in [-0.1, -0.05) is 24.3 Å². The van der Waals surface area contributed by atoms with E-state index in [1.54, 1.807) is 7.11 Å². The summed E-state index contributed by atoms with van der Waals surface area (Å²) in [6.07, 6.45) is 1.17. The molecule has 0 spiro atoms. The van der Waals surface area contributed by atoms with Crippen LogP contribution in [0.5, 0.6) is 0 Å². The van der Waals surface area contributed by atoms with Crippen molar-refractivity contribution in [1.29, 1.82) is 0 Å². The Kier molecular flexibility index (Phi) is 2.11. The van der Waals surface area contributed by atoms with Crippen LogP contribution in [0.1, 0.15) is 11.1 Å². The molecule has 1 aliphatic rings. The molecule has 1 atom stereocenters. The highest BCUT2D eigenvalue weighted by atomic mass is 16.5. The zero-order chi connectivity index (χ0) is 8.39. The van der Waals surface area contributed by atoms with Gasteiger partial charge in [-0.3, -0.25) is 5.32 Å². The number of rotatable bonds is 1. The van der Waals surface area contributed by atoms with E-state index in [9.17, 15) is 0 Å². The summed E-state index contributed by atoms with van der Waals surface area (Å²) in [6, 6.07) is 8.49. The largest absolute Gasteiger partial charge is 0.366 e. The van der Waals surface area contributed by atoms with Gasteiger partial charge in [-0.2, -0.15) is 0 Å². The van der Waals surface area contributed by atoms with E-state index in [0.717, 1.165) is 13.0 Å². The molecule has 0 unspecified atom stereocenters. The van der Waals surface area contributed by atoms with Crippen molar-refractivity contribution in [3.8, 4) is 0 Å². The lowest BCUT2D eigenvalue weighted by Gasteiger charge is -2.24. The Morgan fingerprint density at radius 3 is 2.83 bits per heavy atom. The Labute approximate surface area is 72.5 Å². The van der Waals surface area contributed by atoms with Gasteiger partial charge >= 0.3 is 0 Å². The van der Waals surface area contributed by atoms with E-state index in [1.165, 1.54) is 11.1 Å². The van der Waals surface area contributed by atoms with Gasteiger partial charge in [0.05, 0.1) is 0 Å². The second-order valence-electron chi connectivity index (χ2n) is 3.08. The minimum Gasteiger partial charge on any atom is -0.366 e. The van der Waals surface area contributed by atoms with Crippen LogP contribution in [0.15, 0.2) is 24.3 Å². The molecule has 0 amide bonds. The maximum atomic E-state index is 5.24. The number of hydrogen-bond donors (Lipinski definition) is 1. The van der Waals surface area contributed by atoms with Gasteiger partial charge in [-0.25, -0.2) is 0 Å². The first-order valence-electron chi connectivity index (χ1n) is 4.23. The molecule has 0 radical (unpaired) electrons. The van der Waals surface area contributed by atoms with Gasteiger partial charge in [0.2, 0.25) is 0 Å². The minimum absolute atomic E-state index is 0.194. The second kappa shape index (κ2) is 3.25. The highest BCUT2D eigenvalue weighted by Gasteiger charge is 2.15. The highest BCUT2D eigenvalue weighted by molar-refractivity contribution is 5.29. The van der Waals surface area contributed by atoms with E-state index < -0.39 is 0 Å². The van der Waals surface area contributed by atoms with Gasteiger partial charge in [-0.05, 0) is 11.1 Å². The normalized spacial score (nSPS) is 21.9. The molecule has 0 saturated carbocycles. The summed E-state index contributed by atoms with van der Waals surface area (Å²) in [4.78, 5) is 0. The quantitative estimate of drug-likeness (QED) is 0.674. The summed E-state index contributed by atoms with van der Waals surface area (Å²) in [7, 11) is 1.74. The van der Waals surface area contributed by atoms with E-state index in [1.807, 2.05) is 0 Å². The first-order valence-corrected chi connectivity index (χ1v) is 4.23. The summed E-state index contributed by atoms with van der Waals surface area (Å²) in [5.74, 6) is 0. The Bertz CT molecular complexity index is 272. The van der Waals surface area contributed by atoms with E-state index >= 15 is 0 Å². The first-order chi connectivity index (χ1) is 5.90. The molecule has 1 aromatic rings. The molecule has 1 heterocycles. The topological polar surface area (TPSA) is 21.3 Å². The minimum atomic E-state index is 0.194. The van der Waals surface area contributed by atoms with Crippen LogP contribution in [-0.4, -0.2) is 13.3 Å². The lowest BCUT2D eigenvalue weighted by atomic mass is 10.0. The average Bonchev–Trinajstić information content (AvgIpc) is 2.17. The van der Waals surface area contributed by atoms with Crippen LogP contribution >= 0.6 is 0 Å². The molecule has 2 rings (SSSR count). The maximum absolute atomic E-state index is 5.24. The number of methoxy groups -OCH3 is 1. The van der Waals surface area contributed by atoms with Crippen molar-refractivity contribution < 1.29 is 4.74 Å². The smallest absolute Gasteiger partial charge is 0.112 e. The number of fused-ring (bicyclic) bond motifs is 1. The van der Waals surface area contributed by atoms with Crippen LogP contribution in [0.25, 0.3) is 0 Å². The van der Waals surface area contributed by atoms with E-state index in [-0.39, 0.29) is 6.23 Å². The molecule has 1 N–H and O–H groups in total.